The van der Waals surface area contributed by atoms with Gasteiger partial charge in [0.15, 0.2) is 0 Å². The molecule has 1 fully saturated rings. The fraction of sp³-hybridized carbons (Fsp3) is 1.00. The van der Waals surface area contributed by atoms with Crippen molar-refractivity contribution in [2.24, 2.45) is 0 Å². The fourth-order valence-corrected chi connectivity index (χ4v) is 2.95. The monoisotopic (exact) mass is 216 g/mol. The zero-order valence-corrected chi connectivity index (χ0v) is 10.3. The van der Waals surface area contributed by atoms with Crippen LogP contribution in [-0.4, -0.2) is 36.7 Å². The fourth-order valence-electron chi connectivity index (χ4n) is 1.68. The van der Waals surface area contributed by atoms with E-state index in [0.717, 1.165) is 18.3 Å². The Morgan fingerprint density at radius 3 is 2.79 bits per heavy atom. The van der Waals surface area contributed by atoms with E-state index in [4.69, 9.17) is 0 Å². The normalized spacial score (nSPS) is 22.9. The SMILES string of the molecule is CC(C)NCCNCC1CCCCS1. The van der Waals surface area contributed by atoms with E-state index < -0.39 is 0 Å². The van der Waals surface area contributed by atoms with Gasteiger partial charge in [-0.1, -0.05) is 20.3 Å². The van der Waals surface area contributed by atoms with E-state index in [9.17, 15) is 0 Å². The predicted molar refractivity (Wildman–Crippen MR) is 66.1 cm³/mol. The Balaban J connectivity index is 1.87. The van der Waals surface area contributed by atoms with Gasteiger partial charge in [-0.25, -0.2) is 0 Å². The molecule has 3 heteroatoms. The Bertz CT molecular complexity index is 133. The van der Waals surface area contributed by atoms with Crippen LogP contribution in [0, 0.1) is 0 Å². The molecule has 1 aliphatic rings. The molecule has 1 atom stereocenters. The van der Waals surface area contributed by atoms with E-state index >= 15 is 0 Å². The largest absolute Gasteiger partial charge is 0.314 e. The van der Waals surface area contributed by atoms with Crippen molar-refractivity contribution >= 4 is 11.8 Å². The number of nitrogens with one attached hydrogen (secondary N) is 2. The van der Waals surface area contributed by atoms with Crippen molar-refractivity contribution in [3.63, 3.8) is 0 Å². The van der Waals surface area contributed by atoms with Crippen LogP contribution in [0.2, 0.25) is 0 Å². The van der Waals surface area contributed by atoms with Gasteiger partial charge < -0.3 is 10.6 Å². The molecule has 84 valence electrons. The molecule has 0 bridgehead atoms. The molecule has 1 unspecified atom stereocenters. The van der Waals surface area contributed by atoms with Gasteiger partial charge in [0.1, 0.15) is 0 Å². The van der Waals surface area contributed by atoms with Gasteiger partial charge in [0.05, 0.1) is 0 Å². The van der Waals surface area contributed by atoms with Gasteiger partial charge >= 0.3 is 0 Å². The Kier molecular flexibility index (Phi) is 6.65. The quantitative estimate of drug-likeness (QED) is 0.663. The molecule has 1 aliphatic heterocycles. The van der Waals surface area contributed by atoms with Crippen LogP contribution in [0.5, 0.6) is 0 Å². The summed E-state index contributed by atoms with van der Waals surface area (Å²) in [5.74, 6) is 1.37. The van der Waals surface area contributed by atoms with E-state index in [1.54, 1.807) is 0 Å². The summed E-state index contributed by atoms with van der Waals surface area (Å²) in [6.45, 7) is 7.78. The lowest BCUT2D eigenvalue weighted by molar-refractivity contribution is 0.541. The van der Waals surface area contributed by atoms with Crippen molar-refractivity contribution in [3.8, 4) is 0 Å². The molecule has 2 N–H and O–H groups in total. The summed E-state index contributed by atoms with van der Waals surface area (Å²) in [5.41, 5.74) is 0. The molecule has 0 spiro atoms. The van der Waals surface area contributed by atoms with Crippen LogP contribution < -0.4 is 10.6 Å². The molecule has 0 amide bonds. The Morgan fingerprint density at radius 1 is 1.29 bits per heavy atom. The molecule has 1 rings (SSSR count). The van der Waals surface area contributed by atoms with Crippen molar-refractivity contribution in [3.05, 3.63) is 0 Å². The summed E-state index contributed by atoms with van der Waals surface area (Å²) >= 11 is 2.14. The molecule has 2 nitrogen and oxygen atoms in total. The molecule has 0 aromatic heterocycles. The second-order valence-electron chi connectivity index (χ2n) is 4.30. The van der Waals surface area contributed by atoms with Crippen LogP contribution >= 0.6 is 11.8 Å². The maximum absolute atomic E-state index is 3.53. The summed E-state index contributed by atoms with van der Waals surface area (Å²) in [4.78, 5) is 0. The zero-order valence-electron chi connectivity index (χ0n) is 9.51. The Hall–Kier alpha value is 0.270. The van der Waals surface area contributed by atoms with Crippen LogP contribution in [0.1, 0.15) is 33.1 Å². The first-order valence-electron chi connectivity index (χ1n) is 5.84. The third-order valence-electron chi connectivity index (χ3n) is 2.50. The lowest BCUT2D eigenvalue weighted by atomic mass is 10.2. The van der Waals surface area contributed by atoms with Gasteiger partial charge in [-0.05, 0) is 18.6 Å². The predicted octanol–water partition coefficient (Wildman–Crippen LogP) is 1.86. The number of hydrogen-bond donors (Lipinski definition) is 2. The van der Waals surface area contributed by atoms with Crippen LogP contribution in [0.25, 0.3) is 0 Å². The first-order chi connectivity index (χ1) is 6.79. The highest BCUT2D eigenvalue weighted by Gasteiger charge is 2.12. The molecule has 0 aromatic rings. The van der Waals surface area contributed by atoms with Crippen molar-refractivity contribution in [1.82, 2.24) is 10.6 Å². The number of thioether (sulfide) groups is 1. The number of hydrogen-bond acceptors (Lipinski definition) is 3. The first-order valence-corrected chi connectivity index (χ1v) is 6.89. The van der Waals surface area contributed by atoms with Crippen LogP contribution in [0.3, 0.4) is 0 Å². The number of rotatable bonds is 6. The molecule has 14 heavy (non-hydrogen) atoms. The summed E-state index contributed by atoms with van der Waals surface area (Å²) in [5, 5.41) is 7.82. The van der Waals surface area contributed by atoms with E-state index in [1.165, 1.54) is 31.6 Å². The van der Waals surface area contributed by atoms with Gasteiger partial charge in [0, 0.05) is 30.9 Å². The molecule has 0 aliphatic carbocycles. The second kappa shape index (κ2) is 7.55. The minimum absolute atomic E-state index is 0.612. The average molecular weight is 216 g/mol. The smallest absolute Gasteiger partial charge is 0.0172 e. The summed E-state index contributed by atoms with van der Waals surface area (Å²) < 4.78 is 0. The van der Waals surface area contributed by atoms with Gasteiger partial charge in [-0.15, -0.1) is 0 Å². The highest BCUT2D eigenvalue weighted by Crippen LogP contribution is 2.23. The van der Waals surface area contributed by atoms with Crippen molar-refractivity contribution in [1.29, 1.82) is 0 Å². The molecule has 0 aromatic carbocycles. The van der Waals surface area contributed by atoms with Crippen molar-refractivity contribution in [2.75, 3.05) is 25.4 Å². The lowest BCUT2D eigenvalue weighted by Crippen LogP contribution is -2.35. The topological polar surface area (TPSA) is 24.1 Å². The Morgan fingerprint density at radius 2 is 2.14 bits per heavy atom. The minimum atomic E-state index is 0.612. The minimum Gasteiger partial charge on any atom is -0.314 e. The Labute approximate surface area is 92.6 Å². The third kappa shape index (κ3) is 5.89. The molecule has 1 saturated heterocycles. The molecular weight excluding hydrogens is 192 g/mol. The van der Waals surface area contributed by atoms with Gasteiger partial charge in [-0.3, -0.25) is 0 Å². The van der Waals surface area contributed by atoms with Gasteiger partial charge in [0.25, 0.3) is 0 Å². The van der Waals surface area contributed by atoms with Crippen molar-refractivity contribution in [2.45, 2.75) is 44.4 Å². The third-order valence-corrected chi connectivity index (χ3v) is 3.90. The standard InChI is InChI=1S/C11H24N2S/c1-10(2)13-7-6-12-9-11-5-3-4-8-14-11/h10-13H,3-9H2,1-2H3. The summed E-state index contributed by atoms with van der Waals surface area (Å²) in [6.07, 6.45) is 4.27. The van der Waals surface area contributed by atoms with Crippen molar-refractivity contribution < 1.29 is 0 Å². The molecule has 0 saturated carbocycles. The first kappa shape index (κ1) is 12.3. The highest BCUT2D eigenvalue weighted by atomic mass is 32.2. The van der Waals surface area contributed by atoms with E-state index in [0.29, 0.717) is 6.04 Å². The van der Waals surface area contributed by atoms with E-state index in [2.05, 4.69) is 36.2 Å². The second-order valence-corrected chi connectivity index (χ2v) is 5.71. The van der Waals surface area contributed by atoms with Crippen LogP contribution in [0.15, 0.2) is 0 Å². The summed E-state index contributed by atoms with van der Waals surface area (Å²) in [7, 11) is 0. The molecular formula is C11H24N2S. The molecule has 0 radical (unpaired) electrons. The zero-order chi connectivity index (χ0) is 10.2. The van der Waals surface area contributed by atoms with Gasteiger partial charge in [-0.2, -0.15) is 11.8 Å². The highest BCUT2D eigenvalue weighted by molar-refractivity contribution is 7.99. The average Bonchev–Trinajstić information content (AvgIpc) is 2.18. The van der Waals surface area contributed by atoms with Crippen LogP contribution in [0.4, 0.5) is 0 Å². The summed E-state index contributed by atoms with van der Waals surface area (Å²) in [6, 6.07) is 0.612. The molecule has 1 heterocycles. The van der Waals surface area contributed by atoms with Gasteiger partial charge in [0.2, 0.25) is 0 Å². The maximum Gasteiger partial charge on any atom is 0.0172 e. The van der Waals surface area contributed by atoms with Crippen LogP contribution in [-0.2, 0) is 0 Å². The van der Waals surface area contributed by atoms with E-state index in [-0.39, 0.29) is 0 Å². The van der Waals surface area contributed by atoms with E-state index in [1.807, 2.05) is 0 Å². The maximum atomic E-state index is 3.53. The lowest BCUT2D eigenvalue weighted by Gasteiger charge is -2.21.